The molecule has 2 aliphatic heterocycles. The molecule has 0 bridgehead atoms. The van der Waals surface area contributed by atoms with Gasteiger partial charge in [0.25, 0.3) is 0 Å². The van der Waals surface area contributed by atoms with Crippen LogP contribution in [0.1, 0.15) is 25.1 Å². The van der Waals surface area contributed by atoms with Crippen LogP contribution in [0.25, 0.3) is 0 Å². The van der Waals surface area contributed by atoms with Gasteiger partial charge in [0.2, 0.25) is 11.8 Å². The van der Waals surface area contributed by atoms with Gasteiger partial charge in [-0.1, -0.05) is 5.16 Å². The Bertz CT molecular complexity index is 564. The van der Waals surface area contributed by atoms with Gasteiger partial charge in [-0.05, 0) is 20.4 Å². The van der Waals surface area contributed by atoms with Crippen LogP contribution in [0, 0.1) is 6.92 Å². The second-order valence-electron chi connectivity index (χ2n) is 6.84. The summed E-state index contributed by atoms with van der Waals surface area (Å²) in [6.07, 6.45) is 1.19. The first-order valence-electron chi connectivity index (χ1n) is 8.62. The molecule has 8 nitrogen and oxygen atoms in total. The van der Waals surface area contributed by atoms with Crippen molar-refractivity contribution in [2.24, 2.45) is 0 Å². The Morgan fingerprint density at radius 3 is 2.92 bits per heavy atom. The van der Waals surface area contributed by atoms with Crippen molar-refractivity contribution in [3.8, 4) is 0 Å². The zero-order valence-electron chi connectivity index (χ0n) is 14.8. The van der Waals surface area contributed by atoms with Gasteiger partial charge >= 0.3 is 0 Å². The van der Waals surface area contributed by atoms with E-state index < -0.39 is 0 Å². The minimum absolute atomic E-state index is 0.138. The molecule has 1 amide bonds. The third-order valence-electron chi connectivity index (χ3n) is 4.78. The van der Waals surface area contributed by atoms with Gasteiger partial charge in [-0.2, -0.15) is 4.98 Å². The van der Waals surface area contributed by atoms with Crippen LogP contribution in [0.2, 0.25) is 0 Å². The van der Waals surface area contributed by atoms with Crippen molar-refractivity contribution in [1.29, 1.82) is 0 Å². The quantitative estimate of drug-likeness (QED) is 0.756. The Morgan fingerprint density at radius 2 is 2.21 bits per heavy atom. The smallest absolute Gasteiger partial charge is 0.236 e. The monoisotopic (exact) mass is 337 g/mol. The van der Waals surface area contributed by atoms with Crippen molar-refractivity contribution in [3.05, 3.63) is 11.7 Å². The van der Waals surface area contributed by atoms with Crippen LogP contribution in [0.5, 0.6) is 0 Å². The average molecular weight is 337 g/mol. The van der Waals surface area contributed by atoms with Crippen molar-refractivity contribution in [2.45, 2.75) is 39.0 Å². The van der Waals surface area contributed by atoms with Crippen molar-refractivity contribution in [3.63, 3.8) is 0 Å². The number of carbonyl (C=O) groups is 1. The average Bonchev–Trinajstić information content (AvgIpc) is 3.16. The van der Waals surface area contributed by atoms with Gasteiger partial charge < -0.3 is 14.2 Å². The summed E-state index contributed by atoms with van der Waals surface area (Å²) < 4.78 is 10.5. The minimum atomic E-state index is 0.138. The predicted molar refractivity (Wildman–Crippen MR) is 87.3 cm³/mol. The minimum Gasteiger partial charge on any atom is -0.375 e. The van der Waals surface area contributed by atoms with Crippen molar-refractivity contribution < 1.29 is 14.1 Å². The molecule has 134 valence electrons. The van der Waals surface area contributed by atoms with Crippen molar-refractivity contribution in [1.82, 2.24) is 24.8 Å². The molecule has 0 spiro atoms. The van der Waals surface area contributed by atoms with Crippen LogP contribution in [0.3, 0.4) is 0 Å². The number of likely N-dealkylation sites (N-methyl/N-ethyl adjacent to an activating group) is 1. The standard InChI is InChI=1S/C16H27N5O3/c1-12-8-21(6-7-23-12)16(22)11-20-5-4-14(9-20)19(3)10-15-17-13(2)24-18-15/h12,14H,4-11H2,1-3H3/t12-,14-/m0/s1. The van der Waals surface area contributed by atoms with Crippen LogP contribution < -0.4 is 0 Å². The summed E-state index contributed by atoms with van der Waals surface area (Å²) in [6.45, 7) is 8.88. The molecule has 3 rings (SSSR count). The first-order chi connectivity index (χ1) is 11.5. The SMILES string of the molecule is Cc1nc(CN(C)[C@H]2CCN(CC(=O)N3CCO[C@@H](C)C3)C2)no1. The molecule has 8 heteroatoms. The highest BCUT2D eigenvalue weighted by Gasteiger charge is 2.29. The maximum atomic E-state index is 12.5. The van der Waals surface area contributed by atoms with E-state index in [9.17, 15) is 4.79 Å². The van der Waals surface area contributed by atoms with Crippen LogP contribution in [-0.4, -0.2) is 89.3 Å². The number of morpholine rings is 1. The van der Waals surface area contributed by atoms with E-state index in [4.69, 9.17) is 9.26 Å². The van der Waals surface area contributed by atoms with Gasteiger partial charge in [0.15, 0.2) is 5.82 Å². The van der Waals surface area contributed by atoms with E-state index in [0.717, 1.165) is 19.5 Å². The number of aromatic nitrogens is 2. The normalized spacial score (nSPS) is 25.6. The van der Waals surface area contributed by atoms with Gasteiger partial charge in [-0.3, -0.25) is 14.6 Å². The highest BCUT2D eigenvalue weighted by molar-refractivity contribution is 5.78. The van der Waals surface area contributed by atoms with E-state index in [0.29, 0.717) is 50.5 Å². The summed E-state index contributed by atoms with van der Waals surface area (Å²) in [6, 6.07) is 0.417. The van der Waals surface area contributed by atoms with Crippen LogP contribution in [0.15, 0.2) is 4.52 Å². The van der Waals surface area contributed by atoms with Crippen LogP contribution in [0.4, 0.5) is 0 Å². The second-order valence-corrected chi connectivity index (χ2v) is 6.84. The largest absolute Gasteiger partial charge is 0.375 e. The first-order valence-corrected chi connectivity index (χ1v) is 8.62. The number of carbonyl (C=O) groups excluding carboxylic acids is 1. The summed E-state index contributed by atoms with van der Waals surface area (Å²) in [5.74, 6) is 1.52. The molecule has 24 heavy (non-hydrogen) atoms. The Morgan fingerprint density at radius 1 is 1.38 bits per heavy atom. The number of aryl methyl sites for hydroxylation is 1. The molecule has 0 N–H and O–H groups in total. The van der Waals surface area contributed by atoms with Crippen molar-refractivity contribution in [2.75, 3.05) is 46.4 Å². The maximum absolute atomic E-state index is 12.5. The lowest BCUT2D eigenvalue weighted by Gasteiger charge is -2.32. The Kier molecular flexibility index (Phi) is 5.47. The van der Waals surface area contributed by atoms with E-state index >= 15 is 0 Å². The van der Waals surface area contributed by atoms with Gasteiger partial charge in [-0.25, -0.2) is 0 Å². The summed E-state index contributed by atoms with van der Waals surface area (Å²) in [7, 11) is 2.07. The third kappa shape index (κ3) is 4.31. The molecule has 2 aliphatic rings. The highest BCUT2D eigenvalue weighted by atomic mass is 16.5. The molecular weight excluding hydrogens is 310 g/mol. The maximum Gasteiger partial charge on any atom is 0.236 e. The number of amides is 1. The Hall–Kier alpha value is -1.51. The zero-order valence-corrected chi connectivity index (χ0v) is 14.8. The highest BCUT2D eigenvalue weighted by Crippen LogP contribution is 2.16. The molecular formula is C16H27N5O3. The molecule has 0 aromatic carbocycles. The molecule has 1 aromatic heterocycles. The topological polar surface area (TPSA) is 74.9 Å². The number of likely N-dealkylation sites (tertiary alicyclic amines) is 1. The molecule has 2 saturated heterocycles. The molecule has 0 unspecified atom stereocenters. The fraction of sp³-hybridized carbons (Fsp3) is 0.812. The summed E-state index contributed by atoms with van der Waals surface area (Å²) in [5.41, 5.74) is 0. The lowest BCUT2D eigenvalue weighted by Crippen LogP contribution is -2.48. The predicted octanol–water partition coefficient (Wildman–Crippen LogP) is 0.131. The summed E-state index contributed by atoms with van der Waals surface area (Å²) >= 11 is 0. The van der Waals surface area contributed by atoms with Gasteiger partial charge in [0, 0.05) is 39.1 Å². The molecule has 2 fully saturated rings. The molecule has 0 radical (unpaired) electrons. The van der Waals surface area contributed by atoms with E-state index in [2.05, 4.69) is 27.0 Å². The second kappa shape index (κ2) is 7.58. The summed E-state index contributed by atoms with van der Waals surface area (Å²) in [5, 5.41) is 3.95. The number of rotatable bonds is 5. The Labute approximate surface area is 142 Å². The van der Waals surface area contributed by atoms with E-state index in [1.165, 1.54) is 0 Å². The van der Waals surface area contributed by atoms with Crippen LogP contribution >= 0.6 is 0 Å². The zero-order chi connectivity index (χ0) is 17.1. The molecule has 0 saturated carbocycles. The number of nitrogens with zero attached hydrogens (tertiary/aromatic N) is 5. The van der Waals surface area contributed by atoms with Crippen molar-refractivity contribution >= 4 is 5.91 Å². The number of hydrogen-bond acceptors (Lipinski definition) is 7. The third-order valence-corrected chi connectivity index (χ3v) is 4.78. The fourth-order valence-electron chi connectivity index (χ4n) is 3.41. The Balaban J connectivity index is 1.45. The summed E-state index contributed by atoms with van der Waals surface area (Å²) in [4.78, 5) is 23.1. The van der Waals surface area contributed by atoms with E-state index in [1.807, 2.05) is 11.8 Å². The molecule has 0 aliphatic carbocycles. The number of ether oxygens (including phenoxy) is 1. The first kappa shape index (κ1) is 17.3. The van der Waals surface area contributed by atoms with Gasteiger partial charge in [0.1, 0.15) is 0 Å². The fourth-order valence-corrected chi connectivity index (χ4v) is 3.41. The van der Waals surface area contributed by atoms with Gasteiger partial charge in [-0.15, -0.1) is 0 Å². The molecule has 3 heterocycles. The molecule has 1 aromatic rings. The molecule has 2 atom stereocenters. The number of hydrogen-bond donors (Lipinski definition) is 0. The van der Waals surface area contributed by atoms with E-state index in [1.54, 1.807) is 6.92 Å². The van der Waals surface area contributed by atoms with Gasteiger partial charge in [0.05, 0.1) is 25.8 Å². The van der Waals surface area contributed by atoms with Crippen LogP contribution in [-0.2, 0) is 16.1 Å². The van der Waals surface area contributed by atoms with E-state index in [-0.39, 0.29) is 12.0 Å². The lowest BCUT2D eigenvalue weighted by atomic mass is 10.2. The lowest BCUT2D eigenvalue weighted by molar-refractivity contribution is -0.139.